The number of rotatable bonds is 1. The number of likely N-dealkylation sites (N-methyl/N-ethyl adjacent to an activating group) is 1. The summed E-state index contributed by atoms with van der Waals surface area (Å²) in [6, 6.07) is 5.67. The first-order valence-corrected chi connectivity index (χ1v) is 6.29. The molecule has 0 spiro atoms. The highest BCUT2D eigenvalue weighted by Crippen LogP contribution is 2.30. The van der Waals surface area contributed by atoms with Crippen LogP contribution in [-0.2, 0) is 0 Å². The first-order valence-electron chi connectivity index (χ1n) is 5.91. The molecule has 0 amide bonds. The highest BCUT2D eigenvalue weighted by Gasteiger charge is 2.31. The normalized spacial score (nSPS) is 20.6. The number of nitrogens with zero attached hydrogens (tertiary/aromatic N) is 2. The van der Waals surface area contributed by atoms with E-state index in [-0.39, 0.29) is 5.54 Å². The van der Waals surface area contributed by atoms with Crippen LogP contribution in [0, 0.1) is 0 Å². The second-order valence-electron chi connectivity index (χ2n) is 5.36. The van der Waals surface area contributed by atoms with Gasteiger partial charge in [-0.25, -0.2) is 0 Å². The molecule has 1 heterocycles. The summed E-state index contributed by atoms with van der Waals surface area (Å²) in [6.07, 6.45) is 0. The molecule has 94 valence electrons. The van der Waals surface area contributed by atoms with E-state index in [1.807, 2.05) is 18.2 Å². The lowest BCUT2D eigenvalue weighted by Crippen LogP contribution is -2.57. The van der Waals surface area contributed by atoms with Gasteiger partial charge in [-0.3, -0.25) is 4.90 Å². The predicted octanol–water partition coefficient (Wildman–Crippen LogP) is 2.45. The number of anilines is 2. The van der Waals surface area contributed by atoms with Gasteiger partial charge in [0.1, 0.15) is 0 Å². The molecule has 0 radical (unpaired) electrons. The van der Waals surface area contributed by atoms with Crippen LogP contribution >= 0.6 is 11.6 Å². The van der Waals surface area contributed by atoms with Crippen molar-refractivity contribution in [2.24, 2.45) is 0 Å². The van der Waals surface area contributed by atoms with E-state index in [4.69, 9.17) is 17.3 Å². The van der Waals surface area contributed by atoms with Gasteiger partial charge in [-0.05, 0) is 39.1 Å². The highest BCUT2D eigenvalue weighted by molar-refractivity contribution is 6.31. The van der Waals surface area contributed by atoms with E-state index < -0.39 is 0 Å². The van der Waals surface area contributed by atoms with Gasteiger partial charge >= 0.3 is 0 Å². The summed E-state index contributed by atoms with van der Waals surface area (Å²) < 4.78 is 0. The van der Waals surface area contributed by atoms with Crippen molar-refractivity contribution in [3.05, 3.63) is 23.2 Å². The minimum absolute atomic E-state index is 0.160. The Morgan fingerprint density at radius 1 is 1.29 bits per heavy atom. The average Bonchev–Trinajstić information content (AvgIpc) is 2.25. The second kappa shape index (κ2) is 4.39. The summed E-state index contributed by atoms with van der Waals surface area (Å²) >= 11 is 6.04. The summed E-state index contributed by atoms with van der Waals surface area (Å²) in [5.74, 6) is 0. The van der Waals surface area contributed by atoms with Gasteiger partial charge in [0.15, 0.2) is 0 Å². The van der Waals surface area contributed by atoms with Crippen molar-refractivity contribution in [3.8, 4) is 0 Å². The summed E-state index contributed by atoms with van der Waals surface area (Å²) in [6.45, 7) is 7.50. The molecule has 0 aliphatic carbocycles. The molecule has 17 heavy (non-hydrogen) atoms. The molecule has 0 atom stereocenters. The van der Waals surface area contributed by atoms with E-state index in [1.165, 1.54) is 0 Å². The Balaban J connectivity index is 2.26. The minimum atomic E-state index is 0.160. The van der Waals surface area contributed by atoms with E-state index in [1.54, 1.807) is 0 Å². The van der Waals surface area contributed by atoms with Crippen LogP contribution in [0.25, 0.3) is 0 Å². The third kappa shape index (κ3) is 2.50. The number of nitrogen functional groups attached to an aromatic ring is 1. The van der Waals surface area contributed by atoms with Gasteiger partial charge < -0.3 is 10.6 Å². The molecule has 1 aromatic rings. The number of hydrogen-bond donors (Lipinski definition) is 1. The average molecular weight is 254 g/mol. The number of halogens is 1. The van der Waals surface area contributed by atoms with Crippen molar-refractivity contribution in [2.75, 3.05) is 37.3 Å². The molecular weight excluding hydrogens is 234 g/mol. The maximum atomic E-state index is 6.04. The van der Waals surface area contributed by atoms with E-state index in [9.17, 15) is 0 Å². The van der Waals surface area contributed by atoms with Crippen molar-refractivity contribution in [2.45, 2.75) is 19.4 Å². The van der Waals surface area contributed by atoms with E-state index >= 15 is 0 Å². The zero-order valence-corrected chi connectivity index (χ0v) is 11.5. The molecule has 1 fully saturated rings. The predicted molar refractivity (Wildman–Crippen MR) is 74.8 cm³/mol. The van der Waals surface area contributed by atoms with E-state index in [2.05, 4.69) is 30.7 Å². The van der Waals surface area contributed by atoms with Crippen molar-refractivity contribution in [3.63, 3.8) is 0 Å². The fourth-order valence-electron chi connectivity index (χ4n) is 2.24. The number of piperazine rings is 1. The van der Waals surface area contributed by atoms with Crippen molar-refractivity contribution in [1.29, 1.82) is 0 Å². The Kier molecular flexibility index (Phi) is 3.23. The number of benzene rings is 1. The second-order valence-corrected chi connectivity index (χ2v) is 5.80. The molecule has 1 aliphatic heterocycles. The summed E-state index contributed by atoms with van der Waals surface area (Å²) in [4.78, 5) is 4.70. The highest BCUT2D eigenvalue weighted by atomic mass is 35.5. The Morgan fingerprint density at radius 2 is 2.00 bits per heavy atom. The third-order valence-corrected chi connectivity index (χ3v) is 3.88. The minimum Gasteiger partial charge on any atom is -0.397 e. The van der Waals surface area contributed by atoms with Crippen LogP contribution in [0.5, 0.6) is 0 Å². The van der Waals surface area contributed by atoms with Crippen LogP contribution in [-0.4, -0.2) is 37.1 Å². The lowest BCUT2D eigenvalue weighted by molar-refractivity contribution is 0.139. The van der Waals surface area contributed by atoms with Crippen LogP contribution in [0.1, 0.15) is 13.8 Å². The van der Waals surface area contributed by atoms with Gasteiger partial charge in [0, 0.05) is 30.2 Å². The van der Waals surface area contributed by atoms with Gasteiger partial charge in [0.05, 0.1) is 11.4 Å². The van der Waals surface area contributed by atoms with Gasteiger partial charge in [0.25, 0.3) is 0 Å². The quantitative estimate of drug-likeness (QED) is 0.781. The fraction of sp³-hybridized carbons (Fsp3) is 0.538. The molecule has 2 N–H and O–H groups in total. The van der Waals surface area contributed by atoms with Crippen LogP contribution < -0.4 is 10.6 Å². The first-order chi connectivity index (χ1) is 7.90. The van der Waals surface area contributed by atoms with Gasteiger partial charge in [-0.2, -0.15) is 0 Å². The SMILES string of the molecule is CN1CCN(c2cc(Cl)ccc2N)CC1(C)C. The van der Waals surface area contributed by atoms with Crippen molar-refractivity contribution >= 4 is 23.0 Å². The molecule has 0 unspecified atom stereocenters. The van der Waals surface area contributed by atoms with E-state index in [0.29, 0.717) is 0 Å². The van der Waals surface area contributed by atoms with Crippen LogP contribution in [0.15, 0.2) is 18.2 Å². The molecule has 1 aromatic carbocycles. The Bertz CT molecular complexity index is 417. The van der Waals surface area contributed by atoms with Crippen LogP contribution in [0.4, 0.5) is 11.4 Å². The molecule has 4 heteroatoms. The van der Waals surface area contributed by atoms with Crippen molar-refractivity contribution in [1.82, 2.24) is 4.90 Å². The topological polar surface area (TPSA) is 32.5 Å². The summed E-state index contributed by atoms with van der Waals surface area (Å²) in [5, 5.41) is 0.742. The summed E-state index contributed by atoms with van der Waals surface area (Å²) in [5.41, 5.74) is 8.04. The number of nitrogens with two attached hydrogens (primary N) is 1. The van der Waals surface area contributed by atoms with Gasteiger partial charge in [0.2, 0.25) is 0 Å². The standard InChI is InChI=1S/C13H20ClN3/c1-13(2)9-17(7-6-16(13)3)12-8-10(14)4-5-11(12)15/h4-5,8H,6-7,9,15H2,1-3H3. The monoisotopic (exact) mass is 253 g/mol. The molecular formula is C13H20ClN3. The van der Waals surface area contributed by atoms with Crippen LogP contribution in [0.2, 0.25) is 5.02 Å². The zero-order valence-electron chi connectivity index (χ0n) is 10.7. The van der Waals surface area contributed by atoms with Gasteiger partial charge in [-0.1, -0.05) is 11.6 Å². The first kappa shape index (κ1) is 12.5. The molecule has 3 nitrogen and oxygen atoms in total. The lowest BCUT2D eigenvalue weighted by atomic mass is 9.99. The molecule has 0 saturated carbocycles. The van der Waals surface area contributed by atoms with Crippen LogP contribution in [0.3, 0.4) is 0 Å². The summed E-state index contributed by atoms with van der Waals surface area (Å²) in [7, 11) is 2.17. The maximum absolute atomic E-state index is 6.04. The molecule has 1 aliphatic rings. The molecule has 1 saturated heterocycles. The maximum Gasteiger partial charge on any atom is 0.0615 e. The Morgan fingerprint density at radius 3 is 2.65 bits per heavy atom. The molecule has 0 bridgehead atoms. The Labute approximate surface area is 108 Å². The zero-order chi connectivity index (χ0) is 12.6. The molecule has 0 aromatic heterocycles. The smallest absolute Gasteiger partial charge is 0.0615 e. The fourth-order valence-corrected chi connectivity index (χ4v) is 2.40. The lowest BCUT2D eigenvalue weighted by Gasteiger charge is -2.46. The molecule has 2 rings (SSSR count). The van der Waals surface area contributed by atoms with Gasteiger partial charge in [-0.15, -0.1) is 0 Å². The third-order valence-electron chi connectivity index (χ3n) is 3.65. The number of hydrogen-bond acceptors (Lipinski definition) is 3. The van der Waals surface area contributed by atoms with E-state index in [0.717, 1.165) is 36.0 Å². The van der Waals surface area contributed by atoms with Crippen molar-refractivity contribution < 1.29 is 0 Å². The Hall–Kier alpha value is -0.930. The largest absolute Gasteiger partial charge is 0.397 e.